The van der Waals surface area contributed by atoms with E-state index in [1.165, 1.54) is 9.79 Å². The molecule has 0 aliphatic carbocycles. The topological polar surface area (TPSA) is 40.5 Å². The first-order valence-electron chi connectivity index (χ1n) is 12.6. The van der Waals surface area contributed by atoms with Crippen LogP contribution in [0.1, 0.15) is 119 Å². The van der Waals surface area contributed by atoms with Crippen LogP contribution in [0, 0.1) is 0 Å². The van der Waals surface area contributed by atoms with Gasteiger partial charge in [-0.05, 0) is 59.8 Å². The van der Waals surface area contributed by atoms with E-state index in [2.05, 4.69) is 121 Å². The Labute approximate surface area is 255 Å². The third kappa shape index (κ3) is 8.42. The maximum absolute atomic E-state index is 11.1. The molecule has 0 saturated carbocycles. The largest absolute Gasteiger partial charge is 0.507 e. The molecule has 5 heteroatoms. The van der Waals surface area contributed by atoms with E-state index >= 15 is 0 Å². The molecule has 0 atom stereocenters. The minimum atomic E-state index is -0.164. The van der Waals surface area contributed by atoms with Crippen molar-refractivity contribution in [3.63, 3.8) is 0 Å². The molecule has 2 nitrogen and oxygen atoms in total. The van der Waals surface area contributed by atoms with Gasteiger partial charge < -0.3 is 10.2 Å². The van der Waals surface area contributed by atoms with E-state index in [-0.39, 0.29) is 58.4 Å². The van der Waals surface area contributed by atoms with Crippen molar-refractivity contribution < 1.29 is 42.9 Å². The van der Waals surface area contributed by atoms with E-state index in [0.717, 1.165) is 22.3 Å². The minimum Gasteiger partial charge on any atom is -0.507 e. The zero-order valence-corrected chi connectivity index (χ0v) is 29.6. The summed E-state index contributed by atoms with van der Waals surface area (Å²) in [7, 11) is 0. The zero-order chi connectivity index (χ0) is 27.4. The molecule has 0 aliphatic heterocycles. The van der Waals surface area contributed by atoms with Crippen molar-refractivity contribution >= 4 is 23.5 Å². The van der Waals surface area contributed by atoms with Gasteiger partial charge in [-0.15, -0.1) is 23.5 Å². The summed E-state index contributed by atoms with van der Waals surface area (Å²) in [6, 6.07) is 8.65. The van der Waals surface area contributed by atoms with Gasteiger partial charge in [0.25, 0.3) is 0 Å². The van der Waals surface area contributed by atoms with Crippen LogP contribution >= 0.6 is 23.5 Å². The third-order valence-corrected chi connectivity index (χ3v) is 8.55. The van der Waals surface area contributed by atoms with Gasteiger partial charge in [-0.3, -0.25) is 0 Å². The molecule has 2 aromatic carbocycles. The Morgan fingerprint density at radius 2 is 0.639 bits per heavy atom. The van der Waals surface area contributed by atoms with Gasteiger partial charge in [0.15, 0.2) is 0 Å². The van der Waals surface area contributed by atoms with Crippen LogP contribution in [-0.2, 0) is 54.4 Å². The van der Waals surface area contributed by atoms with Gasteiger partial charge in [0.1, 0.15) is 11.5 Å². The Balaban J connectivity index is 0.00000648. The fourth-order valence-electron chi connectivity index (χ4n) is 4.21. The molecular weight excluding hydrogens is 557 g/mol. The SMILES string of the molecule is CC(C)(Sc1cc(C(C)(C)C)c(O)c(C(C)(C)C)c1)Sc1cc(C(C)(C)C)c(O)c(C(C)(C)C)c1.[Y]. The maximum atomic E-state index is 11.1. The van der Waals surface area contributed by atoms with Crippen molar-refractivity contribution in [2.45, 2.75) is 132 Å². The molecule has 2 aromatic rings. The Bertz CT molecular complexity index is 920. The first kappa shape index (κ1) is 33.9. The molecule has 0 fully saturated rings. The number of benzene rings is 2. The predicted molar refractivity (Wildman–Crippen MR) is 157 cm³/mol. The van der Waals surface area contributed by atoms with Gasteiger partial charge in [-0.1, -0.05) is 83.1 Å². The van der Waals surface area contributed by atoms with Crippen LogP contribution in [-0.4, -0.2) is 14.3 Å². The minimum absolute atomic E-state index is 0. The molecule has 0 unspecified atom stereocenters. The number of aromatic hydroxyl groups is 2. The molecule has 0 saturated heterocycles. The maximum Gasteiger partial charge on any atom is 0.123 e. The first-order valence-corrected chi connectivity index (χ1v) is 14.2. The number of hydrogen-bond acceptors (Lipinski definition) is 4. The molecule has 0 aliphatic rings. The normalized spacial score (nSPS) is 13.5. The van der Waals surface area contributed by atoms with E-state index in [9.17, 15) is 10.2 Å². The molecule has 0 heterocycles. The van der Waals surface area contributed by atoms with Crippen molar-refractivity contribution in [1.29, 1.82) is 0 Å². The van der Waals surface area contributed by atoms with Crippen LogP contribution in [0.25, 0.3) is 0 Å². The number of rotatable bonds is 4. The third-order valence-electron chi connectivity index (χ3n) is 6.13. The Morgan fingerprint density at radius 3 is 0.806 bits per heavy atom. The second kappa shape index (κ2) is 11.1. The van der Waals surface area contributed by atoms with E-state index in [1.807, 2.05) is 23.5 Å². The van der Waals surface area contributed by atoms with E-state index in [1.54, 1.807) is 0 Å². The summed E-state index contributed by atoms with van der Waals surface area (Å²) >= 11 is 3.66. The van der Waals surface area contributed by atoms with Crippen molar-refractivity contribution in [2.24, 2.45) is 0 Å². The predicted octanol–water partition coefficient (Wildman–Crippen LogP) is 9.91. The van der Waals surface area contributed by atoms with Gasteiger partial charge in [0.2, 0.25) is 0 Å². The number of hydrogen-bond donors (Lipinski definition) is 2. The summed E-state index contributed by atoms with van der Waals surface area (Å²) in [5.74, 6) is 0.839. The van der Waals surface area contributed by atoms with E-state index < -0.39 is 0 Å². The Kier molecular flexibility index (Phi) is 10.5. The molecule has 36 heavy (non-hydrogen) atoms. The number of phenols is 2. The van der Waals surface area contributed by atoms with Crippen molar-refractivity contribution in [2.75, 3.05) is 0 Å². The van der Waals surface area contributed by atoms with Crippen LogP contribution in [0.2, 0.25) is 0 Å². The molecule has 0 amide bonds. The average molecular weight is 606 g/mol. The van der Waals surface area contributed by atoms with Gasteiger partial charge in [-0.25, -0.2) is 0 Å². The zero-order valence-electron chi connectivity index (χ0n) is 25.1. The Hall–Kier alpha value is -0.156. The molecule has 199 valence electrons. The molecule has 2 N–H and O–H groups in total. The summed E-state index contributed by atoms with van der Waals surface area (Å²) in [6.07, 6.45) is 0. The smallest absolute Gasteiger partial charge is 0.123 e. The van der Waals surface area contributed by atoms with Gasteiger partial charge >= 0.3 is 0 Å². The van der Waals surface area contributed by atoms with E-state index in [4.69, 9.17) is 0 Å². The standard InChI is InChI=1S/C31H48O2S2.Y/c1-27(2,3)21-15-19(16-22(25(21)32)28(4,5)6)34-31(13,14)35-20-17-23(29(7,8)9)26(33)24(18-20)30(10,11)12;/h15-18,32-33H,1-14H3;. The molecule has 0 aromatic heterocycles. The Morgan fingerprint density at radius 1 is 0.444 bits per heavy atom. The fraction of sp³-hybridized carbons (Fsp3) is 0.613. The van der Waals surface area contributed by atoms with Gasteiger partial charge in [0.05, 0.1) is 4.08 Å². The molecule has 0 spiro atoms. The fourth-order valence-corrected chi connectivity index (χ4v) is 6.80. The molecule has 2 rings (SSSR count). The molecular formula is C31H48O2S2Y. The molecule has 0 bridgehead atoms. The first-order chi connectivity index (χ1) is 15.4. The van der Waals surface area contributed by atoms with Gasteiger partial charge in [-0.2, -0.15) is 0 Å². The average Bonchev–Trinajstić information content (AvgIpc) is 2.60. The number of thioether (sulfide) groups is 2. The summed E-state index contributed by atoms with van der Waals surface area (Å²) in [6.45, 7) is 30.4. The van der Waals surface area contributed by atoms with Crippen LogP contribution in [0.3, 0.4) is 0 Å². The second-order valence-electron chi connectivity index (χ2n) is 14.3. The van der Waals surface area contributed by atoms with Crippen LogP contribution in [0.4, 0.5) is 0 Å². The summed E-state index contributed by atoms with van der Waals surface area (Å²) in [5, 5.41) is 22.2. The summed E-state index contributed by atoms with van der Waals surface area (Å²) in [5.41, 5.74) is 3.34. The summed E-state index contributed by atoms with van der Waals surface area (Å²) in [4.78, 5) is 2.34. The quantitative estimate of drug-likeness (QED) is 0.269. The van der Waals surface area contributed by atoms with Crippen LogP contribution in [0.15, 0.2) is 34.1 Å². The molecule has 1 radical (unpaired) electrons. The van der Waals surface area contributed by atoms with Gasteiger partial charge in [0, 0.05) is 64.8 Å². The van der Waals surface area contributed by atoms with Crippen molar-refractivity contribution in [3.05, 3.63) is 46.5 Å². The number of phenolic OH excluding ortho intramolecular Hbond substituents is 2. The van der Waals surface area contributed by atoms with Crippen LogP contribution < -0.4 is 0 Å². The monoisotopic (exact) mass is 605 g/mol. The van der Waals surface area contributed by atoms with Crippen molar-refractivity contribution in [1.82, 2.24) is 0 Å². The second-order valence-corrected chi connectivity index (χ2v) is 18.0. The van der Waals surface area contributed by atoms with Crippen LogP contribution in [0.5, 0.6) is 11.5 Å². The van der Waals surface area contributed by atoms with Crippen molar-refractivity contribution in [3.8, 4) is 11.5 Å². The summed E-state index contributed by atoms with van der Waals surface area (Å²) < 4.78 is -0.164. The van der Waals surface area contributed by atoms with E-state index in [0.29, 0.717) is 11.5 Å².